The largest absolute Gasteiger partial charge is 0.460 e. The Morgan fingerprint density at radius 2 is 0.977 bits per heavy atom. The second-order valence-electron chi connectivity index (χ2n) is 25.7. The van der Waals surface area contributed by atoms with Crippen LogP contribution in [0.3, 0.4) is 0 Å². The smallest absolute Gasteiger partial charge is 0.302 e. The number of likely N-dealkylation sites (N-methyl/N-ethyl adjacent to an activating group) is 7. The highest BCUT2D eigenvalue weighted by atomic mass is 16.5. The Kier molecular flexibility index (Phi) is 31.8. The van der Waals surface area contributed by atoms with Crippen molar-refractivity contribution < 1.29 is 67.4 Å². The molecule has 87 heavy (non-hydrogen) atoms. The van der Waals surface area contributed by atoms with Crippen LogP contribution in [-0.2, 0) is 62.3 Å². The molecule has 0 aromatic rings. The van der Waals surface area contributed by atoms with Crippen molar-refractivity contribution in [3.05, 3.63) is 12.2 Å². The number of allylic oxidation sites excluding steroid dienone is 2. The monoisotopic (exact) mass is 1230 g/mol. The molecule has 0 aromatic heterocycles. The summed E-state index contributed by atoms with van der Waals surface area (Å²) in [6, 6.07) is -13.3. The van der Waals surface area contributed by atoms with Crippen LogP contribution in [0, 0.1) is 35.5 Å². The Morgan fingerprint density at radius 1 is 0.529 bits per heavy atom. The van der Waals surface area contributed by atoms with Crippen LogP contribution in [0.25, 0.3) is 0 Å². The molecule has 25 heteroatoms. The van der Waals surface area contributed by atoms with Crippen LogP contribution >= 0.6 is 0 Å². The molecule has 1 rings (SSSR count). The highest BCUT2D eigenvalue weighted by molar-refractivity contribution is 5.99. The first-order valence-electron chi connectivity index (χ1n) is 30.6. The molecule has 0 saturated carbocycles. The Bertz CT molecular complexity index is 2430. The lowest BCUT2D eigenvalue weighted by Crippen LogP contribution is -2.63. The van der Waals surface area contributed by atoms with Gasteiger partial charge in [-0.2, -0.15) is 0 Å². The maximum absolute atomic E-state index is 15.1. The van der Waals surface area contributed by atoms with Gasteiger partial charge in [0.2, 0.25) is 65.0 Å². The van der Waals surface area contributed by atoms with Crippen LogP contribution in [0.15, 0.2) is 12.2 Å². The molecule has 1 aliphatic rings. The highest BCUT2D eigenvalue weighted by Crippen LogP contribution is 2.25. The third kappa shape index (κ3) is 21.9. The maximum Gasteiger partial charge on any atom is 0.302 e. The fourth-order valence-corrected chi connectivity index (χ4v) is 10.8. The van der Waals surface area contributed by atoms with Crippen molar-refractivity contribution in [3.63, 3.8) is 0 Å². The molecule has 1 saturated heterocycles. The van der Waals surface area contributed by atoms with Crippen LogP contribution in [-0.4, -0.2) is 239 Å². The second kappa shape index (κ2) is 35.4. The van der Waals surface area contributed by atoms with E-state index in [0.29, 0.717) is 0 Å². The minimum Gasteiger partial charge on any atom is -0.460 e. The van der Waals surface area contributed by atoms with E-state index in [4.69, 9.17) is 4.74 Å². The van der Waals surface area contributed by atoms with Crippen LogP contribution in [0.1, 0.15) is 150 Å². The molecule has 0 spiro atoms. The number of carbonyl (C=O) groups is 12. The molecule has 5 N–H and O–H groups in total. The van der Waals surface area contributed by atoms with Crippen molar-refractivity contribution in [2.75, 3.05) is 55.9 Å². The summed E-state index contributed by atoms with van der Waals surface area (Å²) in [4.78, 5) is 181. The standard InChI is InChI=1S/C62H109N11O14/c1-25-27-28-38(13)52(76)51-56(80)65-43(26-2)58(82)67(18)32-47(75)71(22)50(41(16)87-42(17)74)55(79)66-48(36(9)10)61(85)68(19)44(29-33(3)4)54(78)63-39(14)53(77)64-40(15)57(81)69(20)45(30-34(5)6)59(83)70(21)46(31-35(7)8)60(84)72(23)49(37(11)12)62(86)73(51)24/h25,27,33-41,43-46,48-52,76H,26,28-32H2,1-24H3,(H,63,78)(H,64,77)(H,65,80)(H,66,79)/t38-,39+,40-,41+,43+,44+,45+,46+,48+,49+,50+,51+,52-/m1/s1. The van der Waals surface area contributed by atoms with Gasteiger partial charge in [-0.05, 0) is 95.3 Å². The molecule has 1 aliphatic heterocycles. The number of amides is 11. The number of hydrogen-bond acceptors (Lipinski definition) is 14. The van der Waals surface area contributed by atoms with Gasteiger partial charge in [-0.15, -0.1) is 0 Å². The van der Waals surface area contributed by atoms with Gasteiger partial charge in [0.1, 0.15) is 66.5 Å². The summed E-state index contributed by atoms with van der Waals surface area (Å²) >= 11 is 0. The number of aliphatic hydroxyl groups excluding tert-OH is 1. The first-order chi connectivity index (χ1) is 40.1. The quantitative estimate of drug-likeness (QED) is 0.116. The summed E-state index contributed by atoms with van der Waals surface area (Å²) < 4.78 is 5.44. The van der Waals surface area contributed by atoms with Crippen LogP contribution in [0.4, 0.5) is 0 Å². The minimum absolute atomic E-state index is 0.0365. The number of ether oxygens (including phenoxy) is 1. The van der Waals surface area contributed by atoms with Gasteiger partial charge in [-0.25, -0.2) is 0 Å². The lowest BCUT2D eigenvalue weighted by molar-refractivity contribution is -0.158. The molecule has 0 aliphatic carbocycles. The van der Waals surface area contributed by atoms with E-state index in [2.05, 4.69) is 21.3 Å². The molecule has 1 fully saturated rings. The number of nitrogens with zero attached hydrogens (tertiary/aromatic N) is 7. The lowest BCUT2D eigenvalue weighted by atomic mass is 9.91. The van der Waals surface area contributed by atoms with Crippen LogP contribution in [0.5, 0.6) is 0 Å². The minimum atomic E-state index is -1.65. The number of esters is 1. The summed E-state index contributed by atoms with van der Waals surface area (Å²) in [5.74, 6) is -11.5. The van der Waals surface area contributed by atoms with Crippen molar-refractivity contribution in [2.45, 2.75) is 222 Å². The van der Waals surface area contributed by atoms with Crippen LogP contribution < -0.4 is 21.3 Å². The molecular weight excluding hydrogens is 1120 g/mol. The summed E-state index contributed by atoms with van der Waals surface area (Å²) in [5, 5.41) is 22.8. The molecule has 0 radical (unpaired) electrons. The third-order valence-electron chi connectivity index (χ3n) is 16.1. The van der Waals surface area contributed by atoms with E-state index in [0.717, 1.165) is 26.5 Å². The molecule has 25 nitrogen and oxygen atoms in total. The van der Waals surface area contributed by atoms with Gasteiger partial charge < -0.3 is 65.4 Å². The zero-order chi connectivity index (χ0) is 67.6. The Morgan fingerprint density at radius 3 is 1.44 bits per heavy atom. The number of carbonyl (C=O) groups excluding carboxylic acids is 12. The zero-order valence-corrected chi connectivity index (χ0v) is 56.7. The summed E-state index contributed by atoms with van der Waals surface area (Å²) in [7, 11) is 9.53. The molecule has 1 heterocycles. The van der Waals surface area contributed by atoms with E-state index < -0.39 is 168 Å². The van der Waals surface area contributed by atoms with Gasteiger partial charge in [0.05, 0.1) is 12.6 Å². The SMILES string of the molecule is CC=CC[C@@H](C)[C@@H](O)[C@H]1C(=O)N[C@@H](CC)C(=O)N(C)CC(=O)N(C)[C@@H]([C@H](C)OC(C)=O)C(=O)N[C@@H](C(C)C)C(=O)N(C)[C@@H](CC(C)C)C(=O)N[C@@H](C)C(=O)N[C@H](C)C(=O)N(C)[C@@H](CC(C)C)C(=O)N(C)[C@@H](CC(C)C)C(=O)N(C)[C@@H](C(C)C)C(=O)N1C. The Labute approximate surface area is 518 Å². The van der Waals surface area contributed by atoms with E-state index in [1.807, 2.05) is 41.5 Å². The molecule has 496 valence electrons. The van der Waals surface area contributed by atoms with Gasteiger partial charge in [0, 0.05) is 56.3 Å². The predicted molar refractivity (Wildman–Crippen MR) is 330 cm³/mol. The molecule has 13 atom stereocenters. The van der Waals surface area contributed by atoms with Crippen LogP contribution in [0.2, 0.25) is 0 Å². The normalized spacial score (nSPS) is 26.8. The summed E-state index contributed by atoms with van der Waals surface area (Å²) in [5.41, 5.74) is 0. The highest BCUT2D eigenvalue weighted by Gasteiger charge is 2.46. The van der Waals surface area contributed by atoms with E-state index in [1.54, 1.807) is 60.6 Å². The topological polar surface area (TPSA) is 305 Å². The summed E-state index contributed by atoms with van der Waals surface area (Å²) in [6.45, 7) is 27.5. The van der Waals surface area contributed by atoms with Gasteiger partial charge in [0.25, 0.3) is 0 Å². The first kappa shape index (κ1) is 78.4. The average Bonchev–Trinajstić information content (AvgIpc) is 1.44. The third-order valence-corrected chi connectivity index (χ3v) is 16.1. The molecule has 0 aromatic carbocycles. The first-order valence-corrected chi connectivity index (χ1v) is 30.6. The van der Waals surface area contributed by atoms with E-state index in [9.17, 15) is 53.1 Å². The molecular formula is C62H109N11O14. The van der Waals surface area contributed by atoms with Crippen molar-refractivity contribution in [2.24, 2.45) is 35.5 Å². The van der Waals surface area contributed by atoms with Crippen molar-refractivity contribution in [1.29, 1.82) is 0 Å². The second-order valence-corrected chi connectivity index (χ2v) is 25.7. The fourth-order valence-electron chi connectivity index (χ4n) is 10.8. The van der Waals surface area contributed by atoms with Crippen molar-refractivity contribution in [1.82, 2.24) is 55.6 Å². The van der Waals surface area contributed by atoms with E-state index in [-0.39, 0.29) is 49.9 Å². The fraction of sp³-hybridized carbons (Fsp3) is 0.774. The number of hydrogen-bond donors (Lipinski definition) is 5. The Hall–Kier alpha value is -6.66. The summed E-state index contributed by atoms with van der Waals surface area (Å²) in [6.07, 6.45) is 1.30. The molecule has 11 amide bonds. The molecule has 0 unspecified atom stereocenters. The lowest BCUT2D eigenvalue weighted by Gasteiger charge is -2.41. The van der Waals surface area contributed by atoms with E-state index in [1.165, 1.54) is 84.8 Å². The van der Waals surface area contributed by atoms with Gasteiger partial charge in [0.15, 0.2) is 0 Å². The number of nitrogens with one attached hydrogen (secondary N) is 4. The zero-order valence-electron chi connectivity index (χ0n) is 56.7. The van der Waals surface area contributed by atoms with Crippen molar-refractivity contribution >= 4 is 70.9 Å². The molecule has 0 bridgehead atoms. The van der Waals surface area contributed by atoms with E-state index >= 15 is 9.59 Å². The van der Waals surface area contributed by atoms with Gasteiger partial charge >= 0.3 is 5.97 Å². The number of rotatable bonds is 15. The maximum atomic E-state index is 15.1. The van der Waals surface area contributed by atoms with Gasteiger partial charge in [-0.3, -0.25) is 57.5 Å². The average molecular weight is 1230 g/mol. The van der Waals surface area contributed by atoms with Gasteiger partial charge in [-0.1, -0.05) is 95.2 Å². The number of aliphatic hydroxyl groups is 1. The Balaban J connectivity index is 4.38. The predicted octanol–water partition coefficient (Wildman–Crippen LogP) is 2.17. The van der Waals surface area contributed by atoms with Crippen molar-refractivity contribution in [3.8, 4) is 0 Å².